The topological polar surface area (TPSA) is 58.1 Å². The Kier molecular flexibility index (Phi) is 5.25. The normalized spacial score (nSPS) is 15.7. The van der Waals surface area contributed by atoms with E-state index in [1.54, 1.807) is 24.3 Å². The number of benzene rings is 1. The molecule has 29 heavy (non-hydrogen) atoms. The van der Waals surface area contributed by atoms with Crippen molar-refractivity contribution in [3.8, 4) is 11.3 Å². The van der Waals surface area contributed by atoms with Crippen molar-refractivity contribution < 1.29 is 9.18 Å². The first-order valence-electron chi connectivity index (χ1n) is 9.80. The Labute approximate surface area is 169 Å². The van der Waals surface area contributed by atoms with Crippen LogP contribution in [0.2, 0.25) is 0 Å². The maximum absolute atomic E-state index is 13.4. The zero-order valence-corrected chi connectivity index (χ0v) is 16.5. The van der Waals surface area contributed by atoms with E-state index in [4.69, 9.17) is 0 Å². The summed E-state index contributed by atoms with van der Waals surface area (Å²) < 4.78 is 13.4. The predicted octanol–water partition coefficient (Wildman–Crippen LogP) is 4.29. The number of rotatable bonds is 4. The maximum atomic E-state index is 13.4. The molecular formula is C23H23FN4O. The van der Waals surface area contributed by atoms with Crippen molar-refractivity contribution in [1.82, 2.24) is 15.3 Å². The molecule has 1 aliphatic rings. The number of carbonyl (C=O) groups excluding carboxylic acids is 1. The van der Waals surface area contributed by atoms with Crippen LogP contribution in [0.3, 0.4) is 0 Å². The van der Waals surface area contributed by atoms with Crippen LogP contribution in [0, 0.1) is 12.7 Å². The van der Waals surface area contributed by atoms with Crippen molar-refractivity contribution in [2.24, 2.45) is 0 Å². The molecule has 0 saturated carbocycles. The number of anilines is 1. The zero-order chi connectivity index (χ0) is 20.4. The van der Waals surface area contributed by atoms with E-state index in [0.717, 1.165) is 36.6 Å². The molecule has 2 aromatic heterocycles. The highest BCUT2D eigenvalue weighted by Crippen LogP contribution is 2.32. The zero-order valence-electron chi connectivity index (χ0n) is 16.5. The summed E-state index contributed by atoms with van der Waals surface area (Å²) in [5.41, 5.74) is 3.79. The van der Waals surface area contributed by atoms with E-state index < -0.39 is 0 Å². The van der Waals surface area contributed by atoms with Crippen molar-refractivity contribution in [3.05, 3.63) is 77.4 Å². The molecular weight excluding hydrogens is 367 g/mol. The van der Waals surface area contributed by atoms with Crippen LogP contribution in [0.4, 0.5) is 10.2 Å². The molecule has 1 aliphatic heterocycles. The first-order valence-corrected chi connectivity index (χ1v) is 9.80. The molecule has 0 saturated heterocycles. The van der Waals surface area contributed by atoms with Gasteiger partial charge >= 0.3 is 0 Å². The van der Waals surface area contributed by atoms with E-state index in [9.17, 15) is 9.18 Å². The second kappa shape index (κ2) is 7.99. The molecule has 6 heteroatoms. The van der Waals surface area contributed by atoms with Gasteiger partial charge in [0.2, 0.25) is 0 Å². The number of carbonyl (C=O) groups is 1. The van der Waals surface area contributed by atoms with Gasteiger partial charge < -0.3 is 10.2 Å². The summed E-state index contributed by atoms with van der Waals surface area (Å²) in [6.07, 6.45) is 2.36. The lowest BCUT2D eigenvalue weighted by Crippen LogP contribution is -2.38. The van der Waals surface area contributed by atoms with Crippen LogP contribution in [0.5, 0.6) is 0 Å². The highest BCUT2D eigenvalue weighted by atomic mass is 19.1. The van der Waals surface area contributed by atoms with Crippen molar-refractivity contribution in [2.45, 2.75) is 26.3 Å². The van der Waals surface area contributed by atoms with Gasteiger partial charge in [0.1, 0.15) is 11.6 Å². The smallest absolute Gasteiger partial charge is 0.253 e. The molecule has 4 rings (SSSR count). The summed E-state index contributed by atoms with van der Waals surface area (Å²) in [5.74, 6) is 0.459. The monoisotopic (exact) mass is 390 g/mol. The van der Waals surface area contributed by atoms with E-state index in [0.29, 0.717) is 16.8 Å². The average molecular weight is 390 g/mol. The Bertz CT molecular complexity index is 1040. The van der Waals surface area contributed by atoms with Crippen molar-refractivity contribution in [1.29, 1.82) is 0 Å². The molecule has 0 aliphatic carbocycles. The number of nitrogens with zero attached hydrogens (tertiary/aromatic N) is 3. The van der Waals surface area contributed by atoms with Gasteiger partial charge in [0.15, 0.2) is 0 Å². The Morgan fingerprint density at radius 3 is 2.83 bits per heavy atom. The Morgan fingerprint density at radius 2 is 2.10 bits per heavy atom. The van der Waals surface area contributed by atoms with Crippen LogP contribution in [-0.4, -0.2) is 29.0 Å². The molecule has 0 fully saturated rings. The first-order chi connectivity index (χ1) is 14.0. The summed E-state index contributed by atoms with van der Waals surface area (Å²) in [6.45, 7) is 5.82. The van der Waals surface area contributed by atoms with E-state index in [2.05, 4.69) is 33.2 Å². The van der Waals surface area contributed by atoms with E-state index in [1.807, 2.05) is 13.0 Å². The van der Waals surface area contributed by atoms with Gasteiger partial charge in [-0.3, -0.25) is 9.78 Å². The SMILES string of the molecule is CCN1CCC(NC(=O)c2ccc(-c3cccc(F)c3)nc2)c2ccc(C)nc21. The van der Waals surface area contributed by atoms with Crippen LogP contribution >= 0.6 is 0 Å². The van der Waals surface area contributed by atoms with Gasteiger partial charge in [0.05, 0.1) is 17.3 Å². The molecule has 1 unspecified atom stereocenters. The summed E-state index contributed by atoms with van der Waals surface area (Å²) in [7, 11) is 0. The molecule has 0 radical (unpaired) electrons. The number of aryl methyl sites for hydroxylation is 1. The number of fused-ring (bicyclic) bond motifs is 1. The molecule has 0 spiro atoms. The number of amides is 1. The maximum Gasteiger partial charge on any atom is 0.253 e. The average Bonchev–Trinajstić information content (AvgIpc) is 2.74. The van der Waals surface area contributed by atoms with Crippen LogP contribution in [0.1, 0.15) is 41.0 Å². The van der Waals surface area contributed by atoms with Crippen molar-refractivity contribution in [2.75, 3.05) is 18.0 Å². The van der Waals surface area contributed by atoms with Gasteiger partial charge in [-0.2, -0.15) is 0 Å². The van der Waals surface area contributed by atoms with Crippen LogP contribution in [0.25, 0.3) is 11.3 Å². The highest BCUT2D eigenvalue weighted by molar-refractivity contribution is 5.94. The molecule has 0 bridgehead atoms. The largest absolute Gasteiger partial charge is 0.357 e. The number of aromatic nitrogens is 2. The quantitative estimate of drug-likeness (QED) is 0.722. The third-order valence-electron chi connectivity index (χ3n) is 5.24. The minimum atomic E-state index is -0.313. The number of hydrogen-bond acceptors (Lipinski definition) is 4. The highest BCUT2D eigenvalue weighted by Gasteiger charge is 2.27. The van der Waals surface area contributed by atoms with E-state index in [1.165, 1.54) is 18.3 Å². The van der Waals surface area contributed by atoms with Crippen molar-refractivity contribution >= 4 is 11.7 Å². The lowest BCUT2D eigenvalue weighted by molar-refractivity contribution is 0.0933. The molecule has 1 aromatic carbocycles. The van der Waals surface area contributed by atoms with Gasteiger partial charge in [0, 0.05) is 36.1 Å². The number of halogens is 1. The third kappa shape index (κ3) is 3.97. The number of nitrogens with one attached hydrogen (secondary N) is 1. The molecule has 1 amide bonds. The van der Waals surface area contributed by atoms with Gasteiger partial charge in [-0.15, -0.1) is 0 Å². The molecule has 148 valence electrons. The molecule has 3 heterocycles. The van der Waals surface area contributed by atoms with Gasteiger partial charge in [0.25, 0.3) is 5.91 Å². The van der Waals surface area contributed by atoms with Gasteiger partial charge in [-0.05, 0) is 50.6 Å². The molecule has 1 N–H and O–H groups in total. The first kappa shape index (κ1) is 19.1. The number of pyridine rings is 2. The van der Waals surface area contributed by atoms with Gasteiger partial charge in [-0.25, -0.2) is 9.37 Å². The molecule has 1 atom stereocenters. The molecule has 3 aromatic rings. The summed E-state index contributed by atoms with van der Waals surface area (Å²) in [6, 6.07) is 13.7. The Hall–Kier alpha value is -3.28. The van der Waals surface area contributed by atoms with E-state index in [-0.39, 0.29) is 17.8 Å². The van der Waals surface area contributed by atoms with Gasteiger partial charge in [-0.1, -0.05) is 18.2 Å². The Morgan fingerprint density at radius 1 is 1.24 bits per heavy atom. The van der Waals surface area contributed by atoms with Crippen LogP contribution in [0.15, 0.2) is 54.7 Å². The van der Waals surface area contributed by atoms with Crippen LogP contribution in [-0.2, 0) is 0 Å². The fourth-order valence-electron chi connectivity index (χ4n) is 3.67. The van der Waals surface area contributed by atoms with Crippen molar-refractivity contribution in [3.63, 3.8) is 0 Å². The molecule has 5 nitrogen and oxygen atoms in total. The second-order valence-corrected chi connectivity index (χ2v) is 7.20. The van der Waals surface area contributed by atoms with E-state index >= 15 is 0 Å². The summed E-state index contributed by atoms with van der Waals surface area (Å²) >= 11 is 0. The minimum Gasteiger partial charge on any atom is -0.357 e. The fraction of sp³-hybridized carbons (Fsp3) is 0.261. The second-order valence-electron chi connectivity index (χ2n) is 7.20. The summed E-state index contributed by atoms with van der Waals surface area (Å²) in [4.78, 5) is 24.1. The predicted molar refractivity (Wildman–Crippen MR) is 111 cm³/mol. The summed E-state index contributed by atoms with van der Waals surface area (Å²) in [5, 5.41) is 3.12. The minimum absolute atomic E-state index is 0.0868. The fourth-order valence-corrected chi connectivity index (χ4v) is 3.67. The number of hydrogen-bond donors (Lipinski definition) is 1. The third-order valence-corrected chi connectivity index (χ3v) is 5.24. The van der Waals surface area contributed by atoms with Crippen LogP contribution < -0.4 is 10.2 Å². The standard InChI is InChI=1S/C23H23FN4O/c1-3-28-12-11-21(19-9-7-15(2)26-22(19)28)27-23(29)17-8-10-20(25-14-17)16-5-4-6-18(24)13-16/h4-10,13-14,21H,3,11-12H2,1-2H3,(H,27,29). The Balaban J connectivity index is 1.52. The lowest BCUT2D eigenvalue weighted by Gasteiger charge is -2.34. The lowest BCUT2D eigenvalue weighted by atomic mass is 9.98.